The normalized spacial score (nSPS) is 23.3. The van der Waals surface area contributed by atoms with Gasteiger partial charge in [0.25, 0.3) is 5.91 Å². The predicted molar refractivity (Wildman–Crippen MR) is 88.4 cm³/mol. The molecule has 1 atom stereocenters. The van der Waals surface area contributed by atoms with Crippen LogP contribution < -0.4 is 5.73 Å². The zero-order valence-electron chi connectivity index (χ0n) is 13.1. The first-order valence-electron chi connectivity index (χ1n) is 7.91. The number of piperidine rings is 1. The van der Waals surface area contributed by atoms with Crippen LogP contribution in [0, 0.1) is 6.92 Å². The molecule has 23 heavy (non-hydrogen) atoms. The van der Waals surface area contributed by atoms with Gasteiger partial charge in [0.05, 0.1) is 5.69 Å². The Kier molecular flexibility index (Phi) is 3.33. The van der Waals surface area contributed by atoms with Gasteiger partial charge in [-0.1, -0.05) is 0 Å². The van der Waals surface area contributed by atoms with Crippen LogP contribution >= 0.6 is 11.3 Å². The van der Waals surface area contributed by atoms with Crippen molar-refractivity contribution in [1.82, 2.24) is 19.9 Å². The van der Waals surface area contributed by atoms with Crippen molar-refractivity contribution in [2.75, 3.05) is 18.8 Å². The van der Waals surface area contributed by atoms with Crippen molar-refractivity contribution >= 4 is 22.4 Å². The Morgan fingerprint density at radius 2 is 2.26 bits per heavy atom. The molecule has 1 spiro atoms. The second kappa shape index (κ2) is 5.26. The maximum absolute atomic E-state index is 12.7. The monoisotopic (exact) mass is 329 g/mol. The Hall–Kier alpha value is -2.02. The van der Waals surface area contributed by atoms with E-state index in [1.54, 1.807) is 5.38 Å². The molecule has 4 rings (SSSR count). The highest BCUT2D eigenvalue weighted by Crippen LogP contribution is 2.44. The largest absolute Gasteiger partial charge is 0.375 e. The highest BCUT2D eigenvalue weighted by Gasteiger charge is 2.44. The van der Waals surface area contributed by atoms with E-state index in [4.69, 9.17) is 10.7 Å². The van der Waals surface area contributed by atoms with Gasteiger partial charge in [-0.3, -0.25) is 4.79 Å². The molecule has 0 bridgehead atoms. The van der Waals surface area contributed by atoms with Crippen LogP contribution in [0.2, 0.25) is 0 Å². The van der Waals surface area contributed by atoms with Crippen molar-refractivity contribution in [3.8, 4) is 0 Å². The van der Waals surface area contributed by atoms with E-state index in [1.165, 1.54) is 16.9 Å². The van der Waals surface area contributed by atoms with Crippen molar-refractivity contribution in [1.29, 1.82) is 0 Å². The summed E-state index contributed by atoms with van der Waals surface area (Å²) >= 11 is 1.31. The highest BCUT2D eigenvalue weighted by molar-refractivity contribution is 7.13. The topological polar surface area (TPSA) is 85.0 Å². The first-order valence-corrected chi connectivity index (χ1v) is 8.79. The standard InChI is InChI=1S/C16H19N5OS/c1-10-18-7-11-3-5-16(13(11)19-10)4-2-6-21(9-16)14(22)12-8-23-15(17)20-12/h7-8H,2-6,9H2,1H3,(H2,17,20). The molecule has 7 heteroatoms. The lowest BCUT2D eigenvalue weighted by Crippen LogP contribution is -2.48. The van der Waals surface area contributed by atoms with Gasteiger partial charge in [0, 0.05) is 30.1 Å². The van der Waals surface area contributed by atoms with Crippen molar-refractivity contribution in [3.63, 3.8) is 0 Å². The summed E-state index contributed by atoms with van der Waals surface area (Å²) in [6.45, 7) is 3.42. The Bertz CT molecular complexity index is 770. The van der Waals surface area contributed by atoms with Gasteiger partial charge in [-0.25, -0.2) is 15.0 Å². The molecule has 2 aromatic heterocycles. The molecule has 0 radical (unpaired) electrons. The summed E-state index contributed by atoms with van der Waals surface area (Å²) in [4.78, 5) is 27.8. The summed E-state index contributed by atoms with van der Waals surface area (Å²) in [6, 6.07) is 0. The van der Waals surface area contributed by atoms with Crippen molar-refractivity contribution < 1.29 is 4.79 Å². The number of nitrogens with two attached hydrogens (primary N) is 1. The molecule has 2 aliphatic rings. The number of anilines is 1. The number of likely N-dealkylation sites (tertiary alicyclic amines) is 1. The van der Waals surface area contributed by atoms with Crippen LogP contribution in [0.3, 0.4) is 0 Å². The first-order chi connectivity index (χ1) is 11.1. The molecular formula is C16H19N5OS. The van der Waals surface area contributed by atoms with E-state index in [1.807, 2.05) is 18.0 Å². The van der Waals surface area contributed by atoms with Crippen LogP contribution in [0.25, 0.3) is 0 Å². The van der Waals surface area contributed by atoms with E-state index in [0.717, 1.165) is 43.7 Å². The zero-order valence-corrected chi connectivity index (χ0v) is 13.9. The molecule has 1 amide bonds. The summed E-state index contributed by atoms with van der Waals surface area (Å²) in [6.07, 6.45) is 6.08. The number of amides is 1. The number of carbonyl (C=O) groups is 1. The summed E-state index contributed by atoms with van der Waals surface area (Å²) in [5.41, 5.74) is 8.50. The molecule has 1 fully saturated rings. The minimum Gasteiger partial charge on any atom is -0.375 e. The number of hydrogen-bond donors (Lipinski definition) is 1. The molecular weight excluding hydrogens is 310 g/mol. The third kappa shape index (κ3) is 2.39. The number of carbonyl (C=O) groups excluding carboxylic acids is 1. The van der Waals surface area contributed by atoms with E-state index < -0.39 is 0 Å². The fraction of sp³-hybridized carbons (Fsp3) is 0.500. The second-order valence-electron chi connectivity index (χ2n) is 6.47. The predicted octanol–water partition coefficient (Wildman–Crippen LogP) is 1.94. The van der Waals surface area contributed by atoms with Crippen LogP contribution in [0.4, 0.5) is 5.13 Å². The number of hydrogen-bond acceptors (Lipinski definition) is 6. The molecule has 1 saturated heterocycles. The van der Waals surface area contributed by atoms with Gasteiger partial charge in [-0.15, -0.1) is 11.3 Å². The van der Waals surface area contributed by atoms with Crippen LogP contribution in [0.15, 0.2) is 11.6 Å². The van der Waals surface area contributed by atoms with Crippen molar-refractivity contribution in [2.45, 2.75) is 38.0 Å². The maximum Gasteiger partial charge on any atom is 0.273 e. The van der Waals surface area contributed by atoms with Crippen molar-refractivity contribution in [3.05, 3.63) is 34.4 Å². The van der Waals surface area contributed by atoms with Crippen LogP contribution in [0.5, 0.6) is 0 Å². The summed E-state index contributed by atoms with van der Waals surface area (Å²) in [5, 5.41) is 2.18. The number of rotatable bonds is 1. The van der Waals surface area contributed by atoms with Crippen LogP contribution in [0.1, 0.15) is 46.8 Å². The maximum atomic E-state index is 12.7. The first kappa shape index (κ1) is 14.6. The van der Waals surface area contributed by atoms with Gasteiger partial charge in [0.2, 0.25) is 0 Å². The third-order valence-corrected chi connectivity index (χ3v) is 5.64. The number of nitrogens with zero attached hydrogens (tertiary/aromatic N) is 4. The molecule has 1 aliphatic heterocycles. The van der Waals surface area contributed by atoms with E-state index in [9.17, 15) is 4.79 Å². The van der Waals surface area contributed by atoms with E-state index in [2.05, 4.69) is 9.97 Å². The highest BCUT2D eigenvalue weighted by atomic mass is 32.1. The lowest BCUT2D eigenvalue weighted by atomic mass is 9.77. The van der Waals surface area contributed by atoms with Gasteiger partial charge in [0.15, 0.2) is 5.13 Å². The third-order valence-electron chi connectivity index (χ3n) is 4.97. The minimum atomic E-state index is -0.0174. The fourth-order valence-corrected chi connectivity index (χ4v) is 4.42. The molecule has 0 aromatic carbocycles. The Morgan fingerprint density at radius 3 is 3.04 bits per heavy atom. The van der Waals surface area contributed by atoms with Crippen LogP contribution in [-0.4, -0.2) is 38.8 Å². The Labute approximate surface area is 138 Å². The Balaban J connectivity index is 1.64. The second-order valence-corrected chi connectivity index (χ2v) is 7.36. The fourth-order valence-electron chi connectivity index (χ4n) is 3.88. The molecule has 6 nitrogen and oxygen atoms in total. The summed E-state index contributed by atoms with van der Waals surface area (Å²) in [7, 11) is 0. The number of aryl methyl sites for hydroxylation is 2. The molecule has 3 heterocycles. The molecule has 1 unspecified atom stereocenters. The molecule has 0 saturated carbocycles. The van der Waals surface area contributed by atoms with E-state index in [-0.39, 0.29) is 11.3 Å². The number of fused-ring (bicyclic) bond motifs is 2. The number of nitrogen functional groups attached to an aromatic ring is 1. The lowest BCUT2D eigenvalue weighted by Gasteiger charge is -2.40. The zero-order chi connectivity index (χ0) is 16.0. The molecule has 2 N–H and O–H groups in total. The van der Waals surface area contributed by atoms with Gasteiger partial charge in [-0.2, -0.15) is 0 Å². The number of thiazole rings is 1. The van der Waals surface area contributed by atoms with Gasteiger partial charge >= 0.3 is 0 Å². The SMILES string of the molecule is Cc1ncc2c(n1)C1(CCCN(C(=O)c3csc(N)n3)C1)CC2. The van der Waals surface area contributed by atoms with Crippen molar-refractivity contribution in [2.24, 2.45) is 0 Å². The van der Waals surface area contributed by atoms with Gasteiger partial charge in [0.1, 0.15) is 11.5 Å². The average molecular weight is 329 g/mol. The molecule has 120 valence electrons. The number of aromatic nitrogens is 3. The van der Waals surface area contributed by atoms with E-state index >= 15 is 0 Å². The molecule has 2 aromatic rings. The smallest absolute Gasteiger partial charge is 0.273 e. The average Bonchev–Trinajstić information content (AvgIpc) is 3.12. The molecule has 1 aliphatic carbocycles. The lowest BCUT2D eigenvalue weighted by molar-refractivity contribution is 0.0628. The summed E-state index contributed by atoms with van der Waals surface area (Å²) in [5.74, 6) is 0.789. The Morgan fingerprint density at radius 1 is 1.39 bits per heavy atom. The van der Waals surface area contributed by atoms with Gasteiger partial charge < -0.3 is 10.6 Å². The summed E-state index contributed by atoms with van der Waals surface area (Å²) < 4.78 is 0. The quantitative estimate of drug-likeness (QED) is 0.864. The van der Waals surface area contributed by atoms with E-state index in [0.29, 0.717) is 17.4 Å². The van der Waals surface area contributed by atoms with Gasteiger partial charge in [-0.05, 0) is 38.2 Å². The van der Waals surface area contributed by atoms with Crippen LogP contribution in [-0.2, 0) is 11.8 Å². The minimum absolute atomic E-state index is 0.0154.